The van der Waals surface area contributed by atoms with E-state index >= 15 is 0 Å². The average Bonchev–Trinajstić information content (AvgIpc) is 2.32. The van der Waals surface area contributed by atoms with Gasteiger partial charge in [0, 0.05) is 22.8 Å². The molecule has 0 atom stereocenters. The zero-order valence-corrected chi connectivity index (χ0v) is 12.5. The minimum atomic E-state index is 0.109. The van der Waals surface area contributed by atoms with Crippen LogP contribution in [0.3, 0.4) is 0 Å². The van der Waals surface area contributed by atoms with Crippen molar-refractivity contribution in [2.24, 2.45) is 0 Å². The SMILES string of the molecule is O=C(c1ccccc1I)N(CCCO)C1CCC1. The molecule has 1 aliphatic carbocycles. The van der Waals surface area contributed by atoms with Gasteiger partial charge in [0.1, 0.15) is 0 Å². The predicted molar refractivity (Wildman–Crippen MR) is 79.5 cm³/mol. The van der Waals surface area contributed by atoms with Crippen LogP contribution in [0.15, 0.2) is 24.3 Å². The van der Waals surface area contributed by atoms with E-state index in [-0.39, 0.29) is 12.5 Å². The third-order valence-corrected chi connectivity index (χ3v) is 4.38. The first-order valence-corrected chi connectivity index (χ1v) is 7.48. The Labute approximate surface area is 121 Å². The quantitative estimate of drug-likeness (QED) is 0.822. The molecule has 4 heteroatoms. The highest BCUT2D eigenvalue weighted by molar-refractivity contribution is 14.1. The number of carbonyl (C=O) groups is 1. The van der Waals surface area contributed by atoms with Gasteiger partial charge in [-0.25, -0.2) is 0 Å². The van der Waals surface area contributed by atoms with E-state index in [0.717, 1.165) is 22.0 Å². The Kier molecular flexibility index (Phi) is 5.00. The molecule has 3 nitrogen and oxygen atoms in total. The van der Waals surface area contributed by atoms with E-state index in [9.17, 15) is 4.79 Å². The van der Waals surface area contributed by atoms with Gasteiger partial charge in [0.15, 0.2) is 0 Å². The number of amides is 1. The second-order valence-corrected chi connectivity index (χ2v) is 5.80. The molecule has 0 aromatic heterocycles. The first kappa shape index (κ1) is 13.8. The van der Waals surface area contributed by atoms with Crippen LogP contribution in [-0.4, -0.2) is 35.1 Å². The van der Waals surface area contributed by atoms with Crippen molar-refractivity contribution < 1.29 is 9.90 Å². The number of carbonyl (C=O) groups excluding carboxylic acids is 1. The third kappa shape index (κ3) is 3.03. The Morgan fingerprint density at radius 2 is 2.11 bits per heavy atom. The Morgan fingerprint density at radius 3 is 2.67 bits per heavy atom. The molecule has 1 fully saturated rings. The van der Waals surface area contributed by atoms with Crippen LogP contribution in [-0.2, 0) is 0 Å². The Morgan fingerprint density at radius 1 is 1.39 bits per heavy atom. The van der Waals surface area contributed by atoms with Gasteiger partial charge in [-0.3, -0.25) is 4.79 Å². The topological polar surface area (TPSA) is 40.5 Å². The smallest absolute Gasteiger partial charge is 0.255 e. The van der Waals surface area contributed by atoms with Crippen LogP contribution in [0.1, 0.15) is 36.0 Å². The molecule has 2 rings (SSSR count). The summed E-state index contributed by atoms with van der Waals surface area (Å²) in [6.07, 6.45) is 4.06. The molecule has 18 heavy (non-hydrogen) atoms. The van der Waals surface area contributed by atoms with Gasteiger partial charge >= 0.3 is 0 Å². The molecule has 1 aliphatic rings. The number of hydrogen-bond acceptors (Lipinski definition) is 2. The molecule has 0 spiro atoms. The summed E-state index contributed by atoms with van der Waals surface area (Å²) in [5.74, 6) is 0.109. The lowest BCUT2D eigenvalue weighted by Crippen LogP contribution is -2.45. The maximum Gasteiger partial charge on any atom is 0.255 e. The summed E-state index contributed by atoms with van der Waals surface area (Å²) in [7, 11) is 0. The standard InChI is InChI=1S/C14H18INO2/c15-13-8-2-1-7-12(13)14(18)16(9-4-10-17)11-5-3-6-11/h1-2,7-8,11,17H,3-6,9-10H2. The highest BCUT2D eigenvalue weighted by atomic mass is 127. The second kappa shape index (κ2) is 6.52. The lowest BCUT2D eigenvalue weighted by atomic mass is 9.91. The zero-order chi connectivity index (χ0) is 13.0. The molecule has 0 heterocycles. The maximum atomic E-state index is 12.5. The fraction of sp³-hybridized carbons (Fsp3) is 0.500. The predicted octanol–water partition coefficient (Wildman–Crippen LogP) is 2.67. The molecular weight excluding hydrogens is 341 g/mol. The molecule has 98 valence electrons. The maximum absolute atomic E-state index is 12.5. The number of nitrogens with zero attached hydrogens (tertiary/aromatic N) is 1. The fourth-order valence-electron chi connectivity index (χ4n) is 2.18. The van der Waals surface area contributed by atoms with E-state index in [1.54, 1.807) is 0 Å². The van der Waals surface area contributed by atoms with Crippen LogP contribution >= 0.6 is 22.6 Å². The molecular formula is C14H18INO2. The van der Waals surface area contributed by atoms with Crippen molar-refractivity contribution in [3.8, 4) is 0 Å². The molecule has 0 unspecified atom stereocenters. The van der Waals surface area contributed by atoms with E-state index in [0.29, 0.717) is 19.0 Å². The summed E-state index contributed by atoms with van der Waals surface area (Å²) >= 11 is 2.20. The van der Waals surface area contributed by atoms with E-state index in [1.165, 1.54) is 6.42 Å². The molecule has 0 aliphatic heterocycles. The van der Waals surface area contributed by atoms with Crippen molar-refractivity contribution in [3.05, 3.63) is 33.4 Å². The lowest BCUT2D eigenvalue weighted by molar-refractivity contribution is 0.0561. The number of benzene rings is 1. The van der Waals surface area contributed by atoms with Crippen LogP contribution in [0.25, 0.3) is 0 Å². The number of aliphatic hydroxyl groups excluding tert-OH is 1. The van der Waals surface area contributed by atoms with Crippen LogP contribution in [0, 0.1) is 3.57 Å². The second-order valence-electron chi connectivity index (χ2n) is 4.64. The molecule has 1 saturated carbocycles. The van der Waals surface area contributed by atoms with Crippen molar-refractivity contribution in [3.63, 3.8) is 0 Å². The monoisotopic (exact) mass is 359 g/mol. The van der Waals surface area contributed by atoms with Crippen molar-refractivity contribution in [2.75, 3.05) is 13.2 Å². The van der Waals surface area contributed by atoms with Gasteiger partial charge in [0.05, 0.1) is 5.56 Å². The number of halogens is 1. The highest BCUT2D eigenvalue weighted by Gasteiger charge is 2.29. The highest BCUT2D eigenvalue weighted by Crippen LogP contribution is 2.27. The van der Waals surface area contributed by atoms with Crippen molar-refractivity contribution in [2.45, 2.75) is 31.7 Å². The summed E-state index contributed by atoms with van der Waals surface area (Å²) < 4.78 is 0.994. The van der Waals surface area contributed by atoms with Gasteiger partial charge in [0.2, 0.25) is 0 Å². The van der Waals surface area contributed by atoms with E-state index in [1.807, 2.05) is 29.2 Å². The van der Waals surface area contributed by atoms with Gasteiger partial charge in [-0.15, -0.1) is 0 Å². The number of aliphatic hydroxyl groups is 1. The molecule has 1 amide bonds. The largest absolute Gasteiger partial charge is 0.396 e. The van der Waals surface area contributed by atoms with Gasteiger partial charge in [-0.2, -0.15) is 0 Å². The van der Waals surface area contributed by atoms with Crippen LogP contribution < -0.4 is 0 Å². The van der Waals surface area contributed by atoms with Crippen molar-refractivity contribution in [1.29, 1.82) is 0 Å². The summed E-state index contributed by atoms with van der Waals surface area (Å²) in [5, 5.41) is 8.96. The van der Waals surface area contributed by atoms with E-state index < -0.39 is 0 Å². The minimum absolute atomic E-state index is 0.109. The summed E-state index contributed by atoms with van der Waals surface area (Å²) in [4.78, 5) is 14.5. The van der Waals surface area contributed by atoms with Gasteiger partial charge < -0.3 is 10.0 Å². The van der Waals surface area contributed by atoms with E-state index in [2.05, 4.69) is 22.6 Å². The normalized spacial score (nSPS) is 15.2. The molecule has 0 saturated heterocycles. The first-order valence-electron chi connectivity index (χ1n) is 6.40. The Bertz CT molecular complexity index is 418. The Hall–Kier alpha value is -0.620. The molecule has 1 aromatic rings. The number of rotatable bonds is 5. The zero-order valence-electron chi connectivity index (χ0n) is 10.3. The lowest BCUT2D eigenvalue weighted by Gasteiger charge is -2.37. The van der Waals surface area contributed by atoms with Crippen LogP contribution in [0.4, 0.5) is 0 Å². The van der Waals surface area contributed by atoms with Gasteiger partial charge in [0.25, 0.3) is 5.91 Å². The van der Waals surface area contributed by atoms with Gasteiger partial charge in [-0.1, -0.05) is 12.1 Å². The molecule has 0 radical (unpaired) electrons. The third-order valence-electron chi connectivity index (χ3n) is 3.44. The summed E-state index contributed by atoms with van der Waals surface area (Å²) in [5.41, 5.74) is 0.780. The van der Waals surface area contributed by atoms with Gasteiger partial charge in [-0.05, 0) is 60.4 Å². The summed E-state index contributed by atoms with van der Waals surface area (Å²) in [6.45, 7) is 0.799. The van der Waals surface area contributed by atoms with E-state index in [4.69, 9.17) is 5.11 Å². The van der Waals surface area contributed by atoms with Crippen LogP contribution in [0.5, 0.6) is 0 Å². The average molecular weight is 359 g/mol. The van der Waals surface area contributed by atoms with Crippen LogP contribution in [0.2, 0.25) is 0 Å². The molecule has 1 N–H and O–H groups in total. The molecule has 1 aromatic carbocycles. The van der Waals surface area contributed by atoms with Crippen molar-refractivity contribution >= 4 is 28.5 Å². The molecule has 0 bridgehead atoms. The summed E-state index contributed by atoms with van der Waals surface area (Å²) in [6, 6.07) is 8.06. The minimum Gasteiger partial charge on any atom is -0.396 e. The Balaban J connectivity index is 2.14. The van der Waals surface area contributed by atoms with Crippen molar-refractivity contribution in [1.82, 2.24) is 4.90 Å². The fourth-order valence-corrected chi connectivity index (χ4v) is 2.80. The number of hydrogen-bond donors (Lipinski definition) is 1. The first-order chi connectivity index (χ1) is 8.74.